The van der Waals surface area contributed by atoms with Crippen molar-refractivity contribution in [1.29, 1.82) is 0 Å². The molecule has 1 amide bonds. The molecule has 0 saturated carbocycles. The maximum absolute atomic E-state index is 13.0. The zero-order valence-corrected chi connectivity index (χ0v) is 17.9. The first-order valence-electron chi connectivity index (χ1n) is 9.95. The Labute approximate surface area is 180 Å². The summed E-state index contributed by atoms with van der Waals surface area (Å²) >= 11 is 6.22. The molecule has 3 rings (SSSR count). The van der Waals surface area contributed by atoms with Crippen molar-refractivity contribution in [2.24, 2.45) is 0 Å². The van der Waals surface area contributed by atoms with Crippen molar-refractivity contribution in [3.8, 4) is 0 Å². The van der Waals surface area contributed by atoms with Crippen molar-refractivity contribution in [2.45, 2.75) is 20.4 Å². The maximum atomic E-state index is 13.0. The Kier molecular flexibility index (Phi) is 7.17. The highest BCUT2D eigenvalue weighted by atomic mass is 35.5. The summed E-state index contributed by atoms with van der Waals surface area (Å²) in [4.78, 5) is 38.1. The minimum absolute atomic E-state index is 0.0868. The highest BCUT2D eigenvalue weighted by Crippen LogP contribution is 2.20. The van der Waals surface area contributed by atoms with Gasteiger partial charge < -0.3 is 9.80 Å². The number of non-ortho nitro benzene ring substituents is 1. The van der Waals surface area contributed by atoms with E-state index in [2.05, 4.69) is 14.9 Å². The smallest absolute Gasteiger partial charge is 0.274 e. The number of halogens is 1. The van der Waals surface area contributed by atoms with Gasteiger partial charge in [-0.1, -0.05) is 23.7 Å². The van der Waals surface area contributed by atoms with Crippen molar-refractivity contribution in [1.82, 2.24) is 19.8 Å². The molecule has 2 heterocycles. The second kappa shape index (κ2) is 9.82. The standard InChI is InChI=1S/C20H25ClN6O3/c1-3-25(4-2)20-22-13-17(21)18(23-20)19(28)26-10-8-24(9-11-26)14-15-6-5-7-16(12-15)27(29)30/h5-7,12-13H,3-4,8-11,14H2,1-2H3. The minimum Gasteiger partial charge on any atom is -0.341 e. The van der Waals surface area contributed by atoms with Gasteiger partial charge in [0, 0.05) is 57.9 Å². The van der Waals surface area contributed by atoms with Crippen LogP contribution in [-0.4, -0.2) is 69.9 Å². The van der Waals surface area contributed by atoms with Crippen LogP contribution in [0.2, 0.25) is 5.02 Å². The first-order valence-corrected chi connectivity index (χ1v) is 10.3. The quantitative estimate of drug-likeness (QED) is 0.490. The van der Waals surface area contributed by atoms with Crippen LogP contribution >= 0.6 is 11.6 Å². The molecule has 30 heavy (non-hydrogen) atoms. The summed E-state index contributed by atoms with van der Waals surface area (Å²) in [5.41, 5.74) is 1.19. The molecular weight excluding hydrogens is 408 g/mol. The fourth-order valence-electron chi connectivity index (χ4n) is 3.45. The predicted molar refractivity (Wildman–Crippen MR) is 115 cm³/mol. The molecule has 1 fully saturated rings. The molecule has 1 aromatic carbocycles. The van der Waals surface area contributed by atoms with Gasteiger partial charge in [-0.05, 0) is 19.4 Å². The Balaban J connectivity index is 1.64. The largest absolute Gasteiger partial charge is 0.341 e. The lowest BCUT2D eigenvalue weighted by atomic mass is 10.1. The van der Waals surface area contributed by atoms with Crippen molar-refractivity contribution < 1.29 is 9.72 Å². The Bertz CT molecular complexity index is 913. The molecule has 1 aliphatic heterocycles. The molecule has 0 aliphatic carbocycles. The van der Waals surface area contributed by atoms with E-state index >= 15 is 0 Å². The lowest BCUT2D eigenvalue weighted by molar-refractivity contribution is -0.384. The second-order valence-corrected chi connectivity index (χ2v) is 7.44. The molecule has 9 nitrogen and oxygen atoms in total. The fraction of sp³-hybridized carbons (Fsp3) is 0.450. The van der Waals surface area contributed by atoms with Gasteiger partial charge in [-0.15, -0.1) is 0 Å². The number of anilines is 1. The van der Waals surface area contributed by atoms with Gasteiger partial charge in [0.1, 0.15) is 0 Å². The molecule has 1 aliphatic rings. The van der Waals surface area contributed by atoms with Crippen LogP contribution in [0, 0.1) is 10.1 Å². The third-order valence-corrected chi connectivity index (χ3v) is 5.44. The van der Waals surface area contributed by atoms with Gasteiger partial charge in [0.25, 0.3) is 11.6 Å². The molecule has 0 radical (unpaired) electrons. The van der Waals surface area contributed by atoms with E-state index in [1.807, 2.05) is 24.8 Å². The molecule has 160 valence electrons. The van der Waals surface area contributed by atoms with Crippen LogP contribution in [0.25, 0.3) is 0 Å². The monoisotopic (exact) mass is 432 g/mol. The summed E-state index contributed by atoms with van der Waals surface area (Å²) in [6.07, 6.45) is 1.48. The number of nitro benzene ring substituents is 1. The van der Waals surface area contributed by atoms with Crippen molar-refractivity contribution in [2.75, 3.05) is 44.2 Å². The van der Waals surface area contributed by atoms with Crippen LogP contribution in [0.4, 0.5) is 11.6 Å². The maximum Gasteiger partial charge on any atom is 0.274 e. The first-order chi connectivity index (χ1) is 14.4. The molecule has 1 aromatic heterocycles. The highest BCUT2D eigenvalue weighted by Gasteiger charge is 2.26. The van der Waals surface area contributed by atoms with Crippen molar-refractivity contribution >= 4 is 29.1 Å². The number of carbonyl (C=O) groups excluding carboxylic acids is 1. The number of carbonyl (C=O) groups is 1. The van der Waals surface area contributed by atoms with Gasteiger partial charge in [-0.25, -0.2) is 9.97 Å². The summed E-state index contributed by atoms with van der Waals surface area (Å²) in [6, 6.07) is 6.64. The molecule has 2 aromatic rings. The molecule has 0 unspecified atom stereocenters. The van der Waals surface area contributed by atoms with E-state index < -0.39 is 4.92 Å². The molecular formula is C20H25ClN6O3. The van der Waals surface area contributed by atoms with Crippen LogP contribution in [0.15, 0.2) is 30.5 Å². The summed E-state index contributed by atoms with van der Waals surface area (Å²) in [5, 5.41) is 11.2. The van der Waals surface area contributed by atoms with Crippen LogP contribution in [-0.2, 0) is 6.54 Å². The molecule has 0 bridgehead atoms. The number of aromatic nitrogens is 2. The van der Waals surface area contributed by atoms with Crippen LogP contribution in [0.1, 0.15) is 29.9 Å². The Morgan fingerprint density at radius 1 is 1.23 bits per heavy atom. The SMILES string of the molecule is CCN(CC)c1ncc(Cl)c(C(=O)N2CCN(Cc3cccc([N+](=O)[O-])c3)CC2)n1. The average Bonchev–Trinajstić information content (AvgIpc) is 2.76. The number of piperazine rings is 1. The Hall–Kier alpha value is -2.78. The number of amides is 1. The molecule has 1 saturated heterocycles. The third kappa shape index (κ3) is 5.03. The molecule has 0 atom stereocenters. The minimum atomic E-state index is -0.391. The highest BCUT2D eigenvalue weighted by molar-refractivity contribution is 6.33. The fourth-order valence-corrected chi connectivity index (χ4v) is 3.62. The lowest BCUT2D eigenvalue weighted by Crippen LogP contribution is -2.48. The van der Waals surface area contributed by atoms with Gasteiger partial charge >= 0.3 is 0 Å². The van der Waals surface area contributed by atoms with E-state index in [1.165, 1.54) is 12.3 Å². The topological polar surface area (TPSA) is 95.7 Å². The van der Waals surface area contributed by atoms with E-state index in [9.17, 15) is 14.9 Å². The van der Waals surface area contributed by atoms with E-state index in [-0.39, 0.29) is 22.3 Å². The first kappa shape index (κ1) is 21.9. The number of nitrogens with zero attached hydrogens (tertiary/aromatic N) is 6. The zero-order chi connectivity index (χ0) is 21.7. The second-order valence-electron chi connectivity index (χ2n) is 7.03. The third-order valence-electron chi connectivity index (χ3n) is 5.17. The zero-order valence-electron chi connectivity index (χ0n) is 17.1. The van der Waals surface area contributed by atoms with Crippen molar-refractivity contribution in [3.63, 3.8) is 0 Å². The van der Waals surface area contributed by atoms with Crippen LogP contribution < -0.4 is 4.90 Å². The number of hydrogen-bond donors (Lipinski definition) is 0. The predicted octanol–water partition coefficient (Wildman–Crippen LogP) is 2.84. The van der Waals surface area contributed by atoms with Gasteiger partial charge in [-0.3, -0.25) is 19.8 Å². The summed E-state index contributed by atoms with van der Waals surface area (Å²) in [5.74, 6) is 0.294. The Morgan fingerprint density at radius 3 is 2.57 bits per heavy atom. The summed E-state index contributed by atoms with van der Waals surface area (Å²) in [7, 11) is 0. The van der Waals surface area contributed by atoms with Crippen LogP contribution in [0.5, 0.6) is 0 Å². The number of hydrogen-bond acceptors (Lipinski definition) is 7. The molecule has 10 heteroatoms. The van der Waals surface area contributed by atoms with E-state index in [1.54, 1.807) is 17.0 Å². The van der Waals surface area contributed by atoms with E-state index in [0.717, 1.165) is 18.7 Å². The normalized spacial score (nSPS) is 14.6. The summed E-state index contributed by atoms with van der Waals surface area (Å²) < 4.78 is 0. The van der Waals surface area contributed by atoms with Gasteiger partial charge in [0.15, 0.2) is 5.69 Å². The van der Waals surface area contributed by atoms with Gasteiger partial charge in [0.2, 0.25) is 5.95 Å². The van der Waals surface area contributed by atoms with Gasteiger partial charge in [0.05, 0.1) is 16.1 Å². The lowest BCUT2D eigenvalue weighted by Gasteiger charge is -2.34. The van der Waals surface area contributed by atoms with Crippen LogP contribution in [0.3, 0.4) is 0 Å². The molecule has 0 spiro atoms. The van der Waals surface area contributed by atoms with E-state index in [4.69, 9.17) is 11.6 Å². The number of nitro groups is 1. The Morgan fingerprint density at radius 2 is 1.93 bits per heavy atom. The van der Waals surface area contributed by atoms with Crippen molar-refractivity contribution in [3.05, 3.63) is 56.9 Å². The number of rotatable bonds is 7. The average molecular weight is 433 g/mol. The van der Waals surface area contributed by atoms with Gasteiger partial charge in [-0.2, -0.15) is 0 Å². The molecule has 0 N–H and O–H groups in total. The number of benzene rings is 1. The van der Waals surface area contributed by atoms with E-state index in [0.29, 0.717) is 38.7 Å². The summed E-state index contributed by atoms with van der Waals surface area (Å²) in [6.45, 7) is 8.49.